The van der Waals surface area contributed by atoms with Gasteiger partial charge < -0.3 is 20.4 Å². The molecule has 1 aromatic heterocycles. The normalized spacial score (nSPS) is 23.9. The topological polar surface area (TPSA) is 66.2 Å². The predicted octanol–water partition coefficient (Wildman–Crippen LogP) is 3.45. The van der Waals surface area contributed by atoms with Crippen LogP contribution in [0.5, 0.6) is 0 Å². The highest BCUT2D eigenvalue weighted by molar-refractivity contribution is 6.45. The second kappa shape index (κ2) is 6.14. The quantitative estimate of drug-likeness (QED) is 0.761. The van der Waals surface area contributed by atoms with Crippen molar-refractivity contribution in [2.24, 2.45) is 0 Å². The van der Waals surface area contributed by atoms with Gasteiger partial charge in [-0.25, -0.2) is 0 Å². The van der Waals surface area contributed by atoms with Crippen LogP contribution in [0.3, 0.4) is 0 Å². The number of carbonyl (C=O) groups is 1. The van der Waals surface area contributed by atoms with E-state index in [4.69, 9.17) is 27.9 Å². The third-order valence-electron chi connectivity index (χ3n) is 4.88. The molecule has 1 saturated heterocycles. The third kappa shape index (κ3) is 2.55. The first-order valence-electron chi connectivity index (χ1n) is 8.20. The van der Waals surface area contributed by atoms with Gasteiger partial charge in [0.15, 0.2) is 0 Å². The molecule has 128 valence electrons. The number of carbonyl (C=O) groups excluding carboxylic acids is 1. The zero-order valence-corrected chi connectivity index (χ0v) is 14.9. The van der Waals surface area contributed by atoms with Crippen LogP contribution in [0, 0.1) is 0 Å². The van der Waals surface area contributed by atoms with Gasteiger partial charge in [0.05, 0.1) is 34.1 Å². The van der Waals surface area contributed by atoms with E-state index in [0.717, 1.165) is 47.3 Å². The zero-order chi connectivity index (χ0) is 16.8. The summed E-state index contributed by atoms with van der Waals surface area (Å²) in [5.74, 6) is -0.204. The van der Waals surface area contributed by atoms with Crippen LogP contribution in [0.25, 0.3) is 10.9 Å². The second-order valence-corrected chi connectivity index (χ2v) is 7.24. The molecule has 24 heavy (non-hydrogen) atoms. The standard InChI is InChI=1S/C17H19Cl2N3O2/c1-8-13-11(2-4-20-17(8)23)22-16-14(13)12(6-10(18)15(16)19)21-9-3-5-24-7-9/h6,8-9,21-22H,2-5,7H2,1H3,(H,20,23)/t8-,9-/m1/s1. The van der Waals surface area contributed by atoms with Gasteiger partial charge in [0, 0.05) is 36.3 Å². The Morgan fingerprint density at radius 1 is 1.38 bits per heavy atom. The van der Waals surface area contributed by atoms with Crippen LogP contribution in [-0.2, 0) is 16.0 Å². The van der Waals surface area contributed by atoms with E-state index in [9.17, 15) is 4.79 Å². The Morgan fingerprint density at radius 2 is 2.21 bits per heavy atom. The van der Waals surface area contributed by atoms with Crippen molar-refractivity contribution >= 4 is 45.7 Å². The van der Waals surface area contributed by atoms with E-state index in [1.165, 1.54) is 0 Å². The first-order valence-corrected chi connectivity index (χ1v) is 8.96. The fourth-order valence-corrected chi connectivity index (χ4v) is 4.04. The van der Waals surface area contributed by atoms with Gasteiger partial charge in [-0.15, -0.1) is 0 Å². The van der Waals surface area contributed by atoms with Crippen LogP contribution in [0.1, 0.15) is 30.5 Å². The molecule has 0 bridgehead atoms. The van der Waals surface area contributed by atoms with E-state index >= 15 is 0 Å². The lowest BCUT2D eigenvalue weighted by Gasteiger charge is -2.17. The van der Waals surface area contributed by atoms with Crippen molar-refractivity contribution < 1.29 is 9.53 Å². The van der Waals surface area contributed by atoms with Gasteiger partial charge in [0.25, 0.3) is 0 Å². The summed E-state index contributed by atoms with van der Waals surface area (Å²) in [6.45, 7) is 3.97. The number of hydrogen-bond donors (Lipinski definition) is 3. The largest absolute Gasteiger partial charge is 0.379 e. The Balaban J connectivity index is 1.92. The van der Waals surface area contributed by atoms with Crippen molar-refractivity contribution in [1.29, 1.82) is 0 Å². The van der Waals surface area contributed by atoms with Crippen molar-refractivity contribution in [3.63, 3.8) is 0 Å². The minimum Gasteiger partial charge on any atom is -0.379 e. The number of anilines is 1. The van der Waals surface area contributed by atoms with E-state index in [1.807, 2.05) is 13.0 Å². The van der Waals surface area contributed by atoms with Crippen LogP contribution in [0.2, 0.25) is 10.0 Å². The second-order valence-electron chi connectivity index (χ2n) is 6.45. The van der Waals surface area contributed by atoms with Crippen LogP contribution in [-0.4, -0.2) is 36.7 Å². The minimum atomic E-state index is -0.242. The lowest BCUT2D eigenvalue weighted by molar-refractivity contribution is -0.121. The smallest absolute Gasteiger partial charge is 0.227 e. The molecule has 1 aromatic carbocycles. The molecular weight excluding hydrogens is 349 g/mol. The molecule has 2 aromatic rings. The summed E-state index contributed by atoms with van der Waals surface area (Å²) in [6.07, 6.45) is 1.70. The molecule has 3 N–H and O–H groups in total. The molecule has 0 radical (unpaired) electrons. The fraction of sp³-hybridized carbons (Fsp3) is 0.471. The van der Waals surface area contributed by atoms with Crippen LogP contribution in [0.15, 0.2) is 6.07 Å². The molecule has 2 atom stereocenters. The van der Waals surface area contributed by atoms with Gasteiger partial charge in [-0.2, -0.15) is 0 Å². The van der Waals surface area contributed by atoms with Gasteiger partial charge in [-0.3, -0.25) is 4.79 Å². The van der Waals surface area contributed by atoms with E-state index < -0.39 is 0 Å². The number of aromatic nitrogens is 1. The molecule has 0 unspecified atom stereocenters. The summed E-state index contributed by atoms with van der Waals surface area (Å²) in [6, 6.07) is 2.10. The summed E-state index contributed by atoms with van der Waals surface area (Å²) >= 11 is 12.8. The Morgan fingerprint density at radius 3 is 2.96 bits per heavy atom. The first-order chi connectivity index (χ1) is 11.6. The molecule has 7 heteroatoms. The molecule has 1 fully saturated rings. The average molecular weight is 368 g/mol. The highest BCUT2D eigenvalue weighted by Gasteiger charge is 2.29. The van der Waals surface area contributed by atoms with Gasteiger partial charge in [0.2, 0.25) is 5.91 Å². The fourth-order valence-electron chi connectivity index (χ4n) is 3.64. The van der Waals surface area contributed by atoms with Crippen molar-refractivity contribution in [2.75, 3.05) is 25.1 Å². The molecule has 1 amide bonds. The number of H-pyrrole nitrogens is 1. The van der Waals surface area contributed by atoms with E-state index in [-0.39, 0.29) is 17.9 Å². The Labute approximate surface area is 150 Å². The number of rotatable bonds is 2. The molecule has 3 heterocycles. The molecule has 5 nitrogen and oxygen atoms in total. The molecule has 2 aliphatic heterocycles. The molecule has 0 saturated carbocycles. The van der Waals surface area contributed by atoms with Crippen LogP contribution < -0.4 is 10.6 Å². The van der Waals surface area contributed by atoms with Gasteiger partial charge in [-0.1, -0.05) is 23.2 Å². The van der Waals surface area contributed by atoms with Gasteiger partial charge in [-0.05, 0) is 25.0 Å². The Bertz CT molecular complexity index is 812. The number of aromatic amines is 1. The Kier molecular flexibility index (Phi) is 4.11. The van der Waals surface area contributed by atoms with E-state index in [2.05, 4.69) is 15.6 Å². The highest BCUT2D eigenvalue weighted by atomic mass is 35.5. The summed E-state index contributed by atoms with van der Waals surface area (Å²) < 4.78 is 5.45. The number of amides is 1. The summed E-state index contributed by atoms with van der Waals surface area (Å²) in [7, 11) is 0. The number of ether oxygens (including phenoxy) is 1. The monoisotopic (exact) mass is 367 g/mol. The molecule has 0 spiro atoms. The third-order valence-corrected chi connectivity index (χ3v) is 5.67. The number of benzene rings is 1. The van der Waals surface area contributed by atoms with Gasteiger partial charge >= 0.3 is 0 Å². The van der Waals surface area contributed by atoms with Crippen molar-refractivity contribution in [3.05, 3.63) is 27.4 Å². The maximum atomic E-state index is 12.3. The first kappa shape index (κ1) is 16.1. The molecule has 0 aliphatic carbocycles. The predicted molar refractivity (Wildman–Crippen MR) is 96.3 cm³/mol. The lowest BCUT2D eigenvalue weighted by atomic mass is 9.96. The number of halogens is 2. The van der Waals surface area contributed by atoms with Crippen molar-refractivity contribution in [1.82, 2.24) is 10.3 Å². The average Bonchev–Trinajstić information content (AvgIpc) is 3.16. The van der Waals surface area contributed by atoms with Gasteiger partial charge in [0.1, 0.15) is 0 Å². The number of hydrogen-bond acceptors (Lipinski definition) is 3. The summed E-state index contributed by atoms with van der Waals surface area (Å²) in [5.41, 5.74) is 3.77. The van der Waals surface area contributed by atoms with E-state index in [1.54, 1.807) is 0 Å². The Hall–Kier alpha value is -1.43. The van der Waals surface area contributed by atoms with Crippen LogP contribution in [0.4, 0.5) is 5.69 Å². The molecular formula is C17H19Cl2N3O2. The SMILES string of the molecule is C[C@H]1C(=O)NCCc2[nH]c3c(Cl)c(Cl)cc(N[C@@H]4CCOC4)c3c21. The minimum absolute atomic E-state index is 0.0378. The molecule has 4 rings (SSSR count). The lowest BCUT2D eigenvalue weighted by Crippen LogP contribution is -2.27. The maximum absolute atomic E-state index is 12.3. The summed E-state index contributed by atoms with van der Waals surface area (Å²) in [4.78, 5) is 15.7. The number of nitrogens with one attached hydrogen (secondary N) is 3. The van der Waals surface area contributed by atoms with Crippen molar-refractivity contribution in [2.45, 2.75) is 31.7 Å². The maximum Gasteiger partial charge on any atom is 0.227 e. The number of fused-ring (bicyclic) bond motifs is 3. The van der Waals surface area contributed by atoms with E-state index in [0.29, 0.717) is 23.2 Å². The molecule has 2 aliphatic rings. The summed E-state index contributed by atoms with van der Waals surface area (Å²) in [5, 5.41) is 8.44. The van der Waals surface area contributed by atoms with Crippen molar-refractivity contribution in [3.8, 4) is 0 Å². The zero-order valence-electron chi connectivity index (χ0n) is 13.3. The van der Waals surface area contributed by atoms with Crippen LogP contribution >= 0.6 is 23.2 Å². The highest BCUT2D eigenvalue weighted by Crippen LogP contribution is 2.42.